The van der Waals surface area contributed by atoms with Crippen molar-refractivity contribution in [3.8, 4) is 5.75 Å². The van der Waals surface area contributed by atoms with Gasteiger partial charge < -0.3 is 24.8 Å². The van der Waals surface area contributed by atoms with Gasteiger partial charge in [0, 0.05) is 17.2 Å². The fraction of sp³-hybridized carbons (Fsp3) is 0.424. The van der Waals surface area contributed by atoms with E-state index in [4.69, 9.17) is 25.4 Å². The fourth-order valence-corrected chi connectivity index (χ4v) is 5.18. The van der Waals surface area contributed by atoms with Crippen LogP contribution in [0.25, 0.3) is 6.08 Å². The number of nitrogens with two attached hydrogens (primary N) is 1. The van der Waals surface area contributed by atoms with Gasteiger partial charge in [-0.1, -0.05) is 31.4 Å². The Labute approximate surface area is 252 Å². The second-order valence-electron chi connectivity index (χ2n) is 10.5. The zero-order valence-corrected chi connectivity index (χ0v) is 25.1. The molecule has 1 aliphatic rings. The minimum absolute atomic E-state index is 0.0781. The molecule has 0 bridgehead atoms. The summed E-state index contributed by atoms with van der Waals surface area (Å²) in [5, 5.41) is 7.46. The highest BCUT2D eigenvalue weighted by Gasteiger charge is 2.35. The van der Waals surface area contributed by atoms with Crippen molar-refractivity contribution < 1.29 is 33.4 Å². The molecule has 10 heteroatoms. The molecule has 2 aromatic rings. The van der Waals surface area contributed by atoms with E-state index < -0.39 is 23.9 Å². The monoisotopic (exact) mass is 591 g/mol. The number of nitrogens with one attached hydrogen (secondary N) is 1. The molecule has 10 nitrogen and oxygen atoms in total. The summed E-state index contributed by atoms with van der Waals surface area (Å²) >= 11 is 0. The molecule has 0 heterocycles. The molecule has 0 atom stereocenters. The first-order valence-electron chi connectivity index (χ1n) is 14.7. The van der Waals surface area contributed by atoms with Crippen LogP contribution in [0, 0.1) is 5.41 Å². The van der Waals surface area contributed by atoms with Gasteiger partial charge in [-0.15, -0.1) is 0 Å². The molecule has 2 aromatic carbocycles. The zero-order valence-electron chi connectivity index (χ0n) is 25.1. The molecular formula is C33H41N3O7. The number of amides is 1. The number of amidine groups is 1. The first kappa shape index (κ1) is 33.0. The van der Waals surface area contributed by atoms with Crippen molar-refractivity contribution in [3.63, 3.8) is 0 Å². The number of nitrogen functional groups attached to an aromatic ring is 1. The number of rotatable bonds is 13. The molecule has 3 N–H and O–H groups in total. The molecule has 230 valence electrons. The highest BCUT2D eigenvalue weighted by atomic mass is 16.5. The first-order chi connectivity index (χ1) is 20.6. The molecule has 0 unspecified atom stereocenters. The Kier molecular flexibility index (Phi) is 12.5. The van der Waals surface area contributed by atoms with Gasteiger partial charge in [0.25, 0.3) is 0 Å². The van der Waals surface area contributed by atoms with Gasteiger partial charge in [0.05, 0.1) is 37.7 Å². The Balaban J connectivity index is 1.80. The summed E-state index contributed by atoms with van der Waals surface area (Å²) in [6.07, 6.45) is 6.09. The minimum Gasteiger partial charge on any atom is -0.466 e. The van der Waals surface area contributed by atoms with Gasteiger partial charge in [-0.25, -0.2) is 4.79 Å². The Bertz CT molecular complexity index is 1290. The van der Waals surface area contributed by atoms with Crippen LogP contribution in [0.5, 0.6) is 5.75 Å². The van der Waals surface area contributed by atoms with E-state index >= 15 is 0 Å². The third kappa shape index (κ3) is 9.80. The molecule has 1 saturated carbocycles. The van der Waals surface area contributed by atoms with Gasteiger partial charge in [-0.3, -0.25) is 19.8 Å². The fourth-order valence-electron chi connectivity index (χ4n) is 5.18. The Hall–Kier alpha value is -4.47. The third-order valence-corrected chi connectivity index (χ3v) is 7.25. The van der Waals surface area contributed by atoms with Crippen LogP contribution in [0.2, 0.25) is 0 Å². The maximum atomic E-state index is 14.0. The molecule has 0 spiro atoms. The highest BCUT2D eigenvalue weighted by Crippen LogP contribution is 2.29. The number of nitrogens with zero attached hydrogens (tertiary/aromatic N) is 1. The number of esters is 3. The van der Waals surface area contributed by atoms with E-state index in [-0.39, 0.29) is 43.8 Å². The van der Waals surface area contributed by atoms with Gasteiger partial charge in [0.2, 0.25) is 5.91 Å². The van der Waals surface area contributed by atoms with Crippen molar-refractivity contribution in [1.29, 1.82) is 5.41 Å². The lowest BCUT2D eigenvalue weighted by atomic mass is 9.91. The molecule has 1 aliphatic carbocycles. The molecule has 1 amide bonds. The highest BCUT2D eigenvalue weighted by molar-refractivity contribution is 5.98. The second kappa shape index (κ2) is 16.2. The molecule has 1 fully saturated rings. The maximum absolute atomic E-state index is 14.0. The van der Waals surface area contributed by atoms with E-state index in [1.807, 2.05) is 0 Å². The van der Waals surface area contributed by atoms with Crippen LogP contribution in [-0.2, 0) is 23.9 Å². The summed E-state index contributed by atoms with van der Waals surface area (Å²) in [5.74, 6) is -1.51. The number of carbonyl (C=O) groups excluding carboxylic acids is 4. The Morgan fingerprint density at radius 3 is 1.93 bits per heavy atom. The van der Waals surface area contributed by atoms with E-state index in [1.165, 1.54) is 0 Å². The quantitative estimate of drug-likeness (QED) is 0.108. The summed E-state index contributed by atoms with van der Waals surface area (Å²) in [5.41, 5.74) is 7.44. The molecule has 0 saturated heterocycles. The summed E-state index contributed by atoms with van der Waals surface area (Å²) < 4.78 is 15.8. The number of hydrogen-bond donors (Lipinski definition) is 2. The van der Waals surface area contributed by atoms with Gasteiger partial charge in [0.15, 0.2) is 0 Å². The van der Waals surface area contributed by atoms with Crippen molar-refractivity contribution in [2.75, 3.05) is 13.2 Å². The molecule has 43 heavy (non-hydrogen) atoms. The predicted octanol–water partition coefficient (Wildman–Crippen LogP) is 5.03. The number of hydrogen-bond acceptors (Lipinski definition) is 8. The summed E-state index contributed by atoms with van der Waals surface area (Å²) in [6, 6.07) is 12.2. The number of carbonyl (C=O) groups is 4. The topological polar surface area (TPSA) is 149 Å². The van der Waals surface area contributed by atoms with Crippen molar-refractivity contribution >= 4 is 35.7 Å². The zero-order chi connectivity index (χ0) is 31.4. The van der Waals surface area contributed by atoms with Crippen LogP contribution in [0.1, 0.15) is 87.2 Å². The normalized spacial score (nSPS) is 13.7. The van der Waals surface area contributed by atoms with E-state index in [0.29, 0.717) is 28.0 Å². The lowest BCUT2D eigenvalue weighted by Crippen LogP contribution is -2.50. The van der Waals surface area contributed by atoms with E-state index in [2.05, 4.69) is 0 Å². The summed E-state index contributed by atoms with van der Waals surface area (Å²) in [7, 11) is 0. The van der Waals surface area contributed by atoms with Crippen molar-refractivity contribution in [1.82, 2.24) is 4.90 Å². The lowest BCUT2D eigenvalue weighted by Gasteiger charge is -2.40. The maximum Gasteiger partial charge on any atom is 0.343 e. The molecular weight excluding hydrogens is 550 g/mol. The average Bonchev–Trinajstić information content (AvgIpc) is 2.98. The van der Waals surface area contributed by atoms with Crippen LogP contribution in [-0.4, -0.2) is 59.8 Å². The van der Waals surface area contributed by atoms with Crippen molar-refractivity contribution in [2.45, 2.75) is 77.8 Å². The Morgan fingerprint density at radius 1 is 0.884 bits per heavy atom. The summed E-state index contributed by atoms with van der Waals surface area (Å²) in [6.45, 7) is 5.55. The predicted molar refractivity (Wildman–Crippen MR) is 163 cm³/mol. The van der Waals surface area contributed by atoms with Crippen LogP contribution in [0.4, 0.5) is 0 Å². The molecule has 0 aromatic heterocycles. The SMILES string of the molecule is CCOC(=O)CC(CC(=O)OCC)N(C(=O)/C(C)=C/c1ccc(C(=O)Oc2ccc(C(=N)N)cc2)cc1)C1CCCCC1. The van der Waals surface area contributed by atoms with Crippen LogP contribution in [0.15, 0.2) is 54.1 Å². The Morgan fingerprint density at radius 2 is 1.42 bits per heavy atom. The molecule has 3 rings (SSSR count). The van der Waals surface area contributed by atoms with Crippen LogP contribution < -0.4 is 10.5 Å². The third-order valence-electron chi connectivity index (χ3n) is 7.25. The largest absolute Gasteiger partial charge is 0.466 e. The van der Waals surface area contributed by atoms with Gasteiger partial charge in [-0.2, -0.15) is 0 Å². The minimum atomic E-state index is -0.696. The smallest absolute Gasteiger partial charge is 0.343 e. The van der Waals surface area contributed by atoms with Gasteiger partial charge in [-0.05, 0) is 81.7 Å². The number of ether oxygens (including phenoxy) is 3. The lowest BCUT2D eigenvalue weighted by molar-refractivity contribution is -0.150. The van der Waals surface area contributed by atoms with Crippen molar-refractivity contribution in [2.24, 2.45) is 5.73 Å². The number of benzene rings is 2. The molecule has 0 aliphatic heterocycles. The van der Waals surface area contributed by atoms with E-state index in [0.717, 1.165) is 32.1 Å². The first-order valence-corrected chi connectivity index (χ1v) is 14.7. The average molecular weight is 592 g/mol. The van der Waals surface area contributed by atoms with Crippen molar-refractivity contribution in [3.05, 3.63) is 70.8 Å². The van der Waals surface area contributed by atoms with Gasteiger partial charge >= 0.3 is 17.9 Å². The van der Waals surface area contributed by atoms with Gasteiger partial charge in [0.1, 0.15) is 11.6 Å². The second-order valence-corrected chi connectivity index (χ2v) is 10.5. The van der Waals surface area contributed by atoms with Crippen LogP contribution in [0.3, 0.4) is 0 Å². The van der Waals surface area contributed by atoms with E-state index in [1.54, 1.807) is 80.3 Å². The standard InChI is InChI=1S/C33H41N3O7/c1-4-41-29(37)20-27(21-30(38)42-5-2)36(26-9-7-6-8-10-26)32(39)22(3)19-23-11-13-25(14-12-23)33(40)43-28-17-15-24(16-18-28)31(34)35/h11-19,26-27H,4-10,20-21H2,1-3H3,(H3,34,35)/b22-19+. The summed E-state index contributed by atoms with van der Waals surface area (Å²) in [4.78, 5) is 53.4. The van der Waals surface area contributed by atoms with Crippen LogP contribution >= 0.6 is 0 Å². The molecule has 0 radical (unpaired) electrons. The van der Waals surface area contributed by atoms with E-state index in [9.17, 15) is 19.2 Å².